The average Bonchev–Trinajstić information content (AvgIpc) is 2.91. The van der Waals surface area contributed by atoms with Crippen molar-refractivity contribution in [3.63, 3.8) is 0 Å². The van der Waals surface area contributed by atoms with Crippen molar-refractivity contribution < 1.29 is 9.90 Å². The predicted molar refractivity (Wildman–Crippen MR) is 91.6 cm³/mol. The van der Waals surface area contributed by atoms with Crippen molar-refractivity contribution in [2.24, 2.45) is 0 Å². The van der Waals surface area contributed by atoms with Crippen molar-refractivity contribution in [3.05, 3.63) is 70.6 Å². The molecule has 1 atom stereocenters. The van der Waals surface area contributed by atoms with Crippen molar-refractivity contribution in [1.29, 1.82) is 0 Å². The third-order valence-corrected chi connectivity index (χ3v) is 3.90. The molecule has 0 aliphatic rings. The molecule has 1 heterocycles. The van der Waals surface area contributed by atoms with E-state index in [9.17, 15) is 14.7 Å². The van der Waals surface area contributed by atoms with E-state index in [1.807, 2.05) is 42.5 Å². The van der Waals surface area contributed by atoms with Crippen LogP contribution in [0.1, 0.15) is 18.1 Å². The molecule has 1 aromatic heterocycles. The minimum atomic E-state index is -0.831. The number of aromatic nitrogens is 2. The van der Waals surface area contributed by atoms with Crippen LogP contribution in [0, 0.1) is 0 Å². The molecule has 6 nitrogen and oxygen atoms in total. The van der Waals surface area contributed by atoms with Gasteiger partial charge in [-0.15, -0.1) is 0 Å². The van der Waals surface area contributed by atoms with Crippen molar-refractivity contribution >= 4 is 16.9 Å². The highest BCUT2D eigenvalue weighted by atomic mass is 16.3. The number of imidazole rings is 1. The van der Waals surface area contributed by atoms with Crippen LogP contribution in [0.15, 0.2) is 59.4 Å². The van der Waals surface area contributed by atoms with E-state index in [4.69, 9.17) is 0 Å². The zero-order valence-electron chi connectivity index (χ0n) is 13.1. The number of nitrogens with zero attached hydrogens (tertiary/aromatic N) is 1. The second-order valence-corrected chi connectivity index (χ2v) is 5.58. The van der Waals surface area contributed by atoms with E-state index in [0.29, 0.717) is 18.7 Å². The molecular weight excluding hydrogens is 306 g/mol. The number of carbonyl (C=O) groups is 1. The van der Waals surface area contributed by atoms with Gasteiger partial charge in [-0.05, 0) is 17.7 Å². The van der Waals surface area contributed by atoms with Crippen LogP contribution in [-0.2, 0) is 11.3 Å². The Morgan fingerprint density at radius 2 is 1.83 bits per heavy atom. The number of hydrogen-bond donors (Lipinski definition) is 3. The van der Waals surface area contributed by atoms with E-state index in [0.717, 1.165) is 11.0 Å². The number of amides is 1. The summed E-state index contributed by atoms with van der Waals surface area (Å²) in [4.78, 5) is 26.6. The Bertz CT molecular complexity index is 883. The Kier molecular flexibility index (Phi) is 4.77. The summed E-state index contributed by atoms with van der Waals surface area (Å²) in [7, 11) is 0. The number of nitrogens with one attached hydrogen (secondary N) is 2. The van der Waals surface area contributed by atoms with Gasteiger partial charge in [-0.25, -0.2) is 4.79 Å². The molecular formula is C18H19N3O3. The first kappa shape index (κ1) is 16.0. The van der Waals surface area contributed by atoms with Crippen LogP contribution in [-0.4, -0.2) is 27.1 Å². The zero-order chi connectivity index (χ0) is 16.9. The lowest BCUT2D eigenvalue weighted by Gasteiger charge is -2.11. The normalized spacial score (nSPS) is 12.2. The van der Waals surface area contributed by atoms with E-state index >= 15 is 0 Å². The quantitative estimate of drug-likeness (QED) is 0.643. The second kappa shape index (κ2) is 7.14. The Morgan fingerprint density at radius 1 is 1.12 bits per heavy atom. The van der Waals surface area contributed by atoms with Gasteiger partial charge in [0.15, 0.2) is 0 Å². The smallest absolute Gasteiger partial charge is 0.326 e. The van der Waals surface area contributed by atoms with Crippen LogP contribution in [0.2, 0.25) is 0 Å². The lowest BCUT2D eigenvalue weighted by atomic mass is 10.1. The molecule has 3 aromatic rings. The fraction of sp³-hybridized carbons (Fsp3) is 0.222. The van der Waals surface area contributed by atoms with E-state index < -0.39 is 6.10 Å². The molecule has 0 aliphatic carbocycles. The minimum absolute atomic E-state index is 0.00715. The van der Waals surface area contributed by atoms with E-state index in [1.54, 1.807) is 16.7 Å². The number of para-hydroxylation sites is 2. The predicted octanol–water partition coefficient (Wildman–Crippen LogP) is 1.57. The molecule has 24 heavy (non-hydrogen) atoms. The van der Waals surface area contributed by atoms with Gasteiger partial charge in [0, 0.05) is 13.1 Å². The zero-order valence-corrected chi connectivity index (χ0v) is 13.1. The Labute approximate surface area is 138 Å². The molecule has 6 heteroatoms. The maximum absolute atomic E-state index is 11.9. The summed E-state index contributed by atoms with van der Waals surface area (Å²) < 4.78 is 1.59. The lowest BCUT2D eigenvalue weighted by molar-refractivity contribution is -0.123. The number of aromatic amines is 1. The third-order valence-electron chi connectivity index (χ3n) is 3.90. The first-order valence-corrected chi connectivity index (χ1v) is 7.82. The summed E-state index contributed by atoms with van der Waals surface area (Å²) in [5, 5.41) is 12.8. The number of fused-ring (bicyclic) bond motifs is 1. The number of carbonyl (C=O) groups excluding carboxylic acids is 1. The SMILES string of the molecule is O=C(CC(O)c1ccccc1)NCCn1c(=O)[nH]c2ccccc21. The summed E-state index contributed by atoms with van der Waals surface area (Å²) in [5.41, 5.74) is 2.09. The Morgan fingerprint density at radius 3 is 2.62 bits per heavy atom. The van der Waals surface area contributed by atoms with Gasteiger partial charge in [-0.2, -0.15) is 0 Å². The highest BCUT2D eigenvalue weighted by Gasteiger charge is 2.12. The molecule has 3 rings (SSSR count). The second-order valence-electron chi connectivity index (χ2n) is 5.58. The molecule has 124 valence electrons. The van der Waals surface area contributed by atoms with Gasteiger partial charge in [-0.1, -0.05) is 42.5 Å². The van der Waals surface area contributed by atoms with Crippen molar-refractivity contribution in [1.82, 2.24) is 14.9 Å². The highest BCUT2D eigenvalue weighted by molar-refractivity contribution is 5.77. The molecule has 1 unspecified atom stereocenters. The van der Waals surface area contributed by atoms with Gasteiger partial charge in [-0.3, -0.25) is 9.36 Å². The van der Waals surface area contributed by atoms with Gasteiger partial charge in [0.05, 0.1) is 23.6 Å². The van der Waals surface area contributed by atoms with Crippen LogP contribution < -0.4 is 11.0 Å². The van der Waals surface area contributed by atoms with Crippen LogP contribution >= 0.6 is 0 Å². The van der Waals surface area contributed by atoms with Crippen molar-refractivity contribution in [2.45, 2.75) is 19.1 Å². The summed E-state index contributed by atoms with van der Waals surface area (Å²) in [6, 6.07) is 16.5. The van der Waals surface area contributed by atoms with E-state index in [-0.39, 0.29) is 18.0 Å². The molecule has 1 amide bonds. The molecule has 0 saturated heterocycles. The van der Waals surface area contributed by atoms with Gasteiger partial charge < -0.3 is 15.4 Å². The average molecular weight is 325 g/mol. The Hall–Kier alpha value is -2.86. The van der Waals surface area contributed by atoms with Crippen LogP contribution in [0.3, 0.4) is 0 Å². The number of rotatable bonds is 6. The fourth-order valence-electron chi connectivity index (χ4n) is 2.68. The van der Waals surface area contributed by atoms with Crippen molar-refractivity contribution in [2.75, 3.05) is 6.54 Å². The lowest BCUT2D eigenvalue weighted by Crippen LogP contribution is -2.30. The number of aliphatic hydroxyl groups excluding tert-OH is 1. The fourth-order valence-corrected chi connectivity index (χ4v) is 2.68. The molecule has 0 aliphatic heterocycles. The molecule has 2 aromatic carbocycles. The molecule has 0 fully saturated rings. The molecule has 0 radical (unpaired) electrons. The van der Waals surface area contributed by atoms with E-state index in [2.05, 4.69) is 10.3 Å². The molecule has 0 saturated carbocycles. The van der Waals surface area contributed by atoms with Crippen LogP contribution in [0.25, 0.3) is 11.0 Å². The largest absolute Gasteiger partial charge is 0.388 e. The first-order chi connectivity index (χ1) is 11.6. The van der Waals surface area contributed by atoms with Crippen LogP contribution in [0.5, 0.6) is 0 Å². The Balaban J connectivity index is 1.55. The highest BCUT2D eigenvalue weighted by Crippen LogP contribution is 2.15. The van der Waals surface area contributed by atoms with Gasteiger partial charge >= 0.3 is 5.69 Å². The van der Waals surface area contributed by atoms with Crippen molar-refractivity contribution in [3.8, 4) is 0 Å². The van der Waals surface area contributed by atoms with Crippen LogP contribution in [0.4, 0.5) is 0 Å². The number of benzene rings is 2. The molecule has 3 N–H and O–H groups in total. The maximum atomic E-state index is 11.9. The van der Waals surface area contributed by atoms with Gasteiger partial charge in [0.25, 0.3) is 0 Å². The number of aliphatic hydroxyl groups is 1. The third kappa shape index (κ3) is 3.55. The monoisotopic (exact) mass is 325 g/mol. The standard InChI is InChI=1S/C18H19N3O3/c22-16(13-6-2-1-3-7-13)12-17(23)19-10-11-21-15-9-5-4-8-14(15)20-18(21)24/h1-9,16,22H,10-12H2,(H,19,23)(H,20,24). The topological polar surface area (TPSA) is 87.1 Å². The molecule has 0 bridgehead atoms. The summed E-state index contributed by atoms with van der Waals surface area (Å²) >= 11 is 0. The summed E-state index contributed by atoms with van der Waals surface area (Å²) in [6.07, 6.45) is -0.839. The van der Waals surface area contributed by atoms with Gasteiger partial charge in [0.1, 0.15) is 0 Å². The summed E-state index contributed by atoms with van der Waals surface area (Å²) in [5.74, 6) is -0.251. The minimum Gasteiger partial charge on any atom is -0.388 e. The van der Waals surface area contributed by atoms with E-state index in [1.165, 1.54) is 0 Å². The number of hydrogen-bond acceptors (Lipinski definition) is 3. The molecule has 0 spiro atoms. The summed E-state index contributed by atoms with van der Waals surface area (Å²) in [6.45, 7) is 0.693. The maximum Gasteiger partial charge on any atom is 0.326 e. The number of H-pyrrole nitrogens is 1. The van der Waals surface area contributed by atoms with Gasteiger partial charge in [0.2, 0.25) is 5.91 Å². The first-order valence-electron chi connectivity index (χ1n) is 7.82.